The molecule has 0 fully saturated rings. The largest absolute Gasteiger partial charge is 0.491 e. The molecule has 0 aliphatic rings. The Labute approximate surface area is 128 Å². The van der Waals surface area contributed by atoms with Gasteiger partial charge in [-0.05, 0) is 44.5 Å². The second-order valence-electron chi connectivity index (χ2n) is 4.99. The highest BCUT2D eigenvalue weighted by Gasteiger charge is 2.15. The van der Waals surface area contributed by atoms with Crippen LogP contribution in [0.4, 0.5) is 0 Å². The summed E-state index contributed by atoms with van der Waals surface area (Å²) in [4.78, 5) is 16.3. The molecule has 0 saturated heterocycles. The van der Waals surface area contributed by atoms with Crippen LogP contribution in [0.1, 0.15) is 30.7 Å². The number of benzene rings is 1. The van der Waals surface area contributed by atoms with Gasteiger partial charge in [0.1, 0.15) is 5.75 Å². The van der Waals surface area contributed by atoms with Gasteiger partial charge in [-0.15, -0.1) is 11.3 Å². The Hall–Kier alpha value is -1.88. The Balaban J connectivity index is 2.31. The highest BCUT2D eigenvalue weighted by molar-refractivity contribution is 7.12. The summed E-state index contributed by atoms with van der Waals surface area (Å²) in [5.41, 5.74) is 1.70. The van der Waals surface area contributed by atoms with E-state index >= 15 is 0 Å². The number of hydrogen-bond acceptors (Lipinski definition) is 4. The monoisotopic (exact) mass is 305 g/mol. The first-order chi connectivity index (χ1) is 9.99. The van der Waals surface area contributed by atoms with Crippen LogP contribution in [0.15, 0.2) is 24.3 Å². The van der Waals surface area contributed by atoms with Crippen LogP contribution < -0.4 is 4.74 Å². The Kier molecular flexibility index (Phi) is 4.96. The normalized spacial score (nSPS) is 10.9. The van der Waals surface area contributed by atoms with E-state index in [0.717, 1.165) is 33.3 Å². The van der Waals surface area contributed by atoms with E-state index < -0.39 is 5.97 Å². The van der Waals surface area contributed by atoms with Crippen LogP contribution in [0.5, 0.6) is 5.75 Å². The summed E-state index contributed by atoms with van der Waals surface area (Å²) in [6.07, 6.45) is 0.952. The molecule has 112 valence electrons. The van der Waals surface area contributed by atoms with Crippen molar-refractivity contribution in [3.05, 3.63) is 34.2 Å². The second kappa shape index (κ2) is 6.72. The summed E-state index contributed by atoms with van der Waals surface area (Å²) in [5, 5.41) is 9.98. The highest BCUT2D eigenvalue weighted by Crippen LogP contribution is 2.30. The van der Waals surface area contributed by atoms with E-state index in [2.05, 4.69) is 4.98 Å². The van der Waals surface area contributed by atoms with Gasteiger partial charge in [0.05, 0.1) is 23.2 Å². The molecule has 1 N–H and O–H groups in total. The second-order valence-corrected chi connectivity index (χ2v) is 6.16. The summed E-state index contributed by atoms with van der Waals surface area (Å²) in [5.74, 6) is -0.0261. The van der Waals surface area contributed by atoms with Gasteiger partial charge in [-0.25, -0.2) is 4.98 Å². The average Bonchev–Trinajstić information content (AvgIpc) is 2.81. The third-order valence-electron chi connectivity index (χ3n) is 2.86. The molecule has 5 heteroatoms. The van der Waals surface area contributed by atoms with Gasteiger partial charge in [-0.1, -0.05) is 6.92 Å². The molecule has 0 unspecified atom stereocenters. The SMILES string of the molecule is CCc1nc(-c2ccc(OC(C)C)cc2)c(CC(=O)O)s1. The molecule has 0 spiro atoms. The van der Waals surface area contributed by atoms with Crippen molar-refractivity contribution in [2.75, 3.05) is 0 Å². The van der Waals surface area contributed by atoms with Crippen molar-refractivity contribution in [2.24, 2.45) is 0 Å². The van der Waals surface area contributed by atoms with E-state index in [1.54, 1.807) is 0 Å². The van der Waals surface area contributed by atoms with Crippen LogP contribution in [0.25, 0.3) is 11.3 Å². The fourth-order valence-corrected chi connectivity index (χ4v) is 3.02. The van der Waals surface area contributed by atoms with Gasteiger partial charge in [-0.3, -0.25) is 4.79 Å². The zero-order chi connectivity index (χ0) is 15.4. The van der Waals surface area contributed by atoms with E-state index in [9.17, 15) is 4.79 Å². The number of carbonyl (C=O) groups is 1. The van der Waals surface area contributed by atoms with Crippen molar-refractivity contribution in [1.82, 2.24) is 4.98 Å². The summed E-state index contributed by atoms with van der Waals surface area (Å²) in [6, 6.07) is 7.64. The highest BCUT2D eigenvalue weighted by atomic mass is 32.1. The maximum absolute atomic E-state index is 11.0. The van der Waals surface area contributed by atoms with Gasteiger partial charge in [0, 0.05) is 10.4 Å². The number of carboxylic acids is 1. The molecular weight excluding hydrogens is 286 g/mol. The number of aliphatic carboxylic acids is 1. The molecule has 1 aromatic carbocycles. The van der Waals surface area contributed by atoms with E-state index in [-0.39, 0.29) is 12.5 Å². The predicted molar refractivity (Wildman–Crippen MR) is 84.0 cm³/mol. The number of rotatable bonds is 6. The van der Waals surface area contributed by atoms with Crippen LogP contribution in [-0.2, 0) is 17.6 Å². The number of thiazole rings is 1. The molecular formula is C16H19NO3S. The molecule has 1 heterocycles. The fraction of sp³-hybridized carbons (Fsp3) is 0.375. The number of ether oxygens (including phenoxy) is 1. The lowest BCUT2D eigenvalue weighted by Crippen LogP contribution is -2.05. The lowest BCUT2D eigenvalue weighted by Gasteiger charge is -2.09. The molecule has 0 saturated carbocycles. The molecule has 0 bridgehead atoms. The molecule has 0 aliphatic heterocycles. The van der Waals surface area contributed by atoms with E-state index in [1.807, 2.05) is 45.0 Å². The van der Waals surface area contributed by atoms with E-state index in [0.29, 0.717) is 0 Å². The molecule has 0 amide bonds. The van der Waals surface area contributed by atoms with Crippen molar-refractivity contribution in [2.45, 2.75) is 39.7 Å². The minimum atomic E-state index is -0.831. The Bertz CT molecular complexity index is 617. The van der Waals surface area contributed by atoms with E-state index in [1.165, 1.54) is 11.3 Å². The average molecular weight is 305 g/mol. The van der Waals surface area contributed by atoms with Crippen molar-refractivity contribution < 1.29 is 14.6 Å². The Morgan fingerprint density at radius 3 is 2.52 bits per heavy atom. The van der Waals surface area contributed by atoms with Gasteiger partial charge in [-0.2, -0.15) is 0 Å². The van der Waals surface area contributed by atoms with Crippen molar-refractivity contribution in [3.63, 3.8) is 0 Å². The zero-order valence-electron chi connectivity index (χ0n) is 12.4. The minimum Gasteiger partial charge on any atom is -0.491 e. The number of hydrogen-bond donors (Lipinski definition) is 1. The lowest BCUT2D eigenvalue weighted by molar-refractivity contribution is -0.136. The van der Waals surface area contributed by atoms with Crippen molar-refractivity contribution >= 4 is 17.3 Å². The van der Waals surface area contributed by atoms with Crippen LogP contribution in [-0.4, -0.2) is 22.2 Å². The van der Waals surface area contributed by atoms with Gasteiger partial charge in [0.15, 0.2) is 0 Å². The number of aromatic nitrogens is 1. The molecule has 4 nitrogen and oxygen atoms in total. The standard InChI is InChI=1S/C16H19NO3S/c1-4-14-17-16(13(21-14)9-15(18)19)11-5-7-12(8-6-11)20-10(2)3/h5-8,10H,4,9H2,1-3H3,(H,18,19). The zero-order valence-corrected chi connectivity index (χ0v) is 13.2. The van der Waals surface area contributed by atoms with Crippen LogP contribution in [0.3, 0.4) is 0 Å². The molecule has 21 heavy (non-hydrogen) atoms. The molecule has 2 aromatic rings. The lowest BCUT2D eigenvalue weighted by atomic mass is 10.1. The third kappa shape index (κ3) is 4.04. The van der Waals surface area contributed by atoms with Crippen molar-refractivity contribution in [3.8, 4) is 17.0 Å². The molecule has 0 atom stereocenters. The molecule has 0 radical (unpaired) electrons. The van der Waals surface area contributed by atoms with Crippen LogP contribution in [0.2, 0.25) is 0 Å². The van der Waals surface area contributed by atoms with Crippen LogP contribution >= 0.6 is 11.3 Å². The smallest absolute Gasteiger partial charge is 0.308 e. The summed E-state index contributed by atoms with van der Waals surface area (Å²) in [6.45, 7) is 5.98. The van der Waals surface area contributed by atoms with Crippen LogP contribution in [0, 0.1) is 0 Å². The van der Waals surface area contributed by atoms with Crippen molar-refractivity contribution in [1.29, 1.82) is 0 Å². The van der Waals surface area contributed by atoms with E-state index in [4.69, 9.17) is 9.84 Å². The first kappa shape index (κ1) is 15.5. The Morgan fingerprint density at radius 2 is 2.00 bits per heavy atom. The molecule has 0 aliphatic carbocycles. The summed E-state index contributed by atoms with van der Waals surface area (Å²) < 4.78 is 5.61. The maximum atomic E-state index is 11.0. The number of aryl methyl sites for hydroxylation is 1. The maximum Gasteiger partial charge on any atom is 0.308 e. The third-order valence-corrected chi connectivity index (χ3v) is 4.06. The number of carboxylic acid groups (broad SMARTS) is 1. The number of nitrogens with zero attached hydrogens (tertiary/aromatic N) is 1. The van der Waals surface area contributed by atoms with Gasteiger partial charge in [0.25, 0.3) is 0 Å². The predicted octanol–water partition coefficient (Wildman–Crippen LogP) is 3.79. The first-order valence-corrected chi connectivity index (χ1v) is 7.78. The molecule has 2 rings (SSSR count). The topological polar surface area (TPSA) is 59.4 Å². The first-order valence-electron chi connectivity index (χ1n) is 6.97. The van der Waals surface area contributed by atoms with Gasteiger partial charge >= 0.3 is 5.97 Å². The van der Waals surface area contributed by atoms with Gasteiger partial charge < -0.3 is 9.84 Å². The Morgan fingerprint density at radius 1 is 1.33 bits per heavy atom. The van der Waals surface area contributed by atoms with Gasteiger partial charge in [0.2, 0.25) is 0 Å². The molecule has 1 aromatic heterocycles. The summed E-state index contributed by atoms with van der Waals surface area (Å²) >= 11 is 1.47. The minimum absolute atomic E-state index is 0.0112. The fourth-order valence-electron chi connectivity index (χ4n) is 2.00. The summed E-state index contributed by atoms with van der Waals surface area (Å²) in [7, 11) is 0. The quantitative estimate of drug-likeness (QED) is 0.882.